The number of ketones is 1. The molecule has 1 N–H and O–H groups in total. The molecule has 2 aliphatic rings. The van der Waals surface area contributed by atoms with E-state index in [1.165, 1.54) is 0 Å². The molecule has 0 amide bonds. The number of allylic oxidation sites excluding steroid dienone is 1. The van der Waals surface area contributed by atoms with Crippen LogP contribution in [-0.2, 0) is 13.6 Å². The van der Waals surface area contributed by atoms with Crippen molar-refractivity contribution in [1.29, 1.82) is 0 Å². The lowest BCUT2D eigenvalue weighted by molar-refractivity contribution is -0.125. The van der Waals surface area contributed by atoms with E-state index in [0.29, 0.717) is 0 Å². The molecule has 0 fully saturated rings. The molecule has 0 saturated heterocycles. The van der Waals surface area contributed by atoms with E-state index in [4.69, 9.17) is 8.85 Å². The molecule has 0 aromatic carbocycles. The van der Waals surface area contributed by atoms with Crippen LogP contribution in [0.2, 0.25) is 36.3 Å². The Labute approximate surface area is 240 Å². The Bertz CT molecular complexity index is 852. The minimum atomic E-state index is -1.76. The number of carbonyl (C=O) groups excluding carboxylic acids is 1. The van der Waals surface area contributed by atoms with E-state index in [9.17, 15) is 9.90 Å². The van der Waals surface area contributed by atoms with E-state index >= 15 is 0 Å². The maximum Gasteiger partial charge on any atom is 0.192 e. The molecule has 2 rings (SSSR count). The van der Waals surface area contributed by atoms with E-state index < -0.39 is 16.6 Å². The van der Waals surface area contributed by atoms with E-state index in [2.05, 4.69) is 87.7 Å². The lowest BCUT2D eigenvalue weighted by Gasteiger charge is -2.44. The van der Waals surface area contributed by atoms with Crippen LogP contribution in [0.5, 0.6) is 0 Å². The van der Waals surface area contributed by atoms with Gasteiger partial charge in [0.25, 0.3) is 0 Å². The predicted molar refractivity (Wildman–Crippen MR) is 173 cm³/mol. The van der Waals surface area contributed by atoms with Gasteiger partial charge in [-0.25, -0.2) is 0 Å². The fourth-order valence-electron chi connectivity index (χ4n) is 4.49. The van der Waals surface area contributed by atoms with Gasteiger partial charge in [0.2, 0.25) is 0 Å². The maximum atomic E-state index is 12.0. The summed E-state index contributed by atoms with van der Waals surface area (Å²) in [6, 6.07) is 0. The highest BCUT2D eigenvalue weighted by atomic mass is 28.4. The first kappa shape index (κ1) is 39.6. The van der Waals surface area contributed by atoms with Gasteiger partial charge < -0.3 is 14.0 Å². The zero-order chi connectivity index (χ0) is 28.7. The summed E-state index contributed by atoms with van der Waals surface area (Å²) in [4.78, 5) is 12.0. The molecule has 0 aromatic rings. The zero-order valence-corrected chi connectivity index (χ0v) is 28.5. The Morgan fingerprint density at radius 3 is 1.47 bits per heavy atom. The van der Waals surface area contributed by atoms with E-state index in [-0.39, 0.29) is 59.9 Å². The number of hydrogen-bond acceptors (Lipinski definition) is 4. The van der Waals surface area contributed by atoms with Gasteiger partial charge >= 0.3 is 0 Å². The first-order valence-electron chi connectivity index (χ1n) is 13.7. The van der Waals surface area contributed by atoms with Crippen molar-refractivity contribution in [2.24, 2.45) is 10.8 Å². The van der Waals surface area contributed by atoms with Crippen molar-refractivity contribution in [2.75, 3.05) is 0 Å². The fourth-order valence-corrected chi connectivity index (χ4v) is 7.02. The molecule has 6 heteroatoms. The van der Waals surface area contributed by atoms with Crippen LogP contribution in [-0.4, -0.2) is 45.8 Å². The summed E-state index contributed by atoms with van der Waals surface area (Å²) in [5.74, 6) is 0.262. The lowest BCUT2D eigenvalue weighted by Crippen LogP contribution is -2.47. The Morgan fingerprint density at radius 1 is 0.789 bits per heavy atom. The highest BCUT2D eigenvalue weighted by molar-refractivity contribution is 6.74. The smallest absolute Gasteiger partial charge is 0.192 e. The van der Waals surface area contributed by atoms with Crippen molar-refractivity contribution >= 4 is 22.4 Å². The van der Waals surface area contributed by atoms with Crippen LogP contribution in [0.3, 0.4) is 0 Å². The fraction of sp³-hybridized carbons (Fsp3) is 0.844. The molecule has 0 aliphatic heterocycles. The Hall–Kier alpha value is -0.536. The highest BCUT2D eigenvalue weighted by Gasteiger charge is 2.44. The maximum absolute atomic E-state index is 12.0. The standard InChI is InChI=1S/C15H30O2Si.C15H28O2Si.2CH4/c2*1-11-9-12(10-15(5,6)13(11)16)17-18(7,8)14(2,3)4;;/h9,12-13,16H,10H2,1-8H3;9,12H,10H2,1-8H3;2*1H4/t12-,13+;12-;;/m11../s1. The molecule has 0 bridgehead atoms. The number of carbonyl (C=O) groups is 1. The minimum Gasteiger partial charge on any atom is -0.411 e. The van der Waals surface area contributed by atoms with Crippen molar-refractivity contribution in [3.8, 4) is 0 Å². The van der Waals surface area contributed by atoms with Crippen molar-refractivity contribution in [1.82, 2.24) is 0 Å². The van der Waals surface area contributed by atoms with Crippen LogP contribution in [0.4, 0.5) is 0 Å². The second-order valence-corrected chi connectivity index (χ2v) is 25.1. The van der Waals surface area contributed by atoms with Crippen LogP contribution in [0.15, 0.2) is 23.3 Å². The zero-order valence-electron chi connectivity index (χ0n) is 26.5. The average Bonchev–Trinajstić information content (AvgIpc) is 2.61. The first-order valence-corrected chi connectivity index (χ1v) is 19.5. The van der Waals surface area contributed by atoms with Crippen molar-refractivity contribution in [3.63, 3.8) is 0 Å². The number of hydrogen-bond donors (Lipinski definition) is 1. The van der Waals surface area contributed by atoms with Crippen molar-refractivity contribution in [2.45, 2.75) is 165 Å². The molecule has 0 aromatic heterocycles. The molecular weight excluding hydrogens is 505 g/mol. The predicted octanol–water partition coefficient (Wildman–Crippen LogP) is 9.71. The summed E-state index contributed by atoms with van der Waals surface area (Å²) in [6.07, 6.45) is 5.76. The number of Topliss-reactive ketones (excluding diaryl/α,β-unsaturated/α-hetero) is 1. The monoisotopic (exact) mass is 570 g/mol. The molecule has 0 heterocycles. The molecule has 226 valence electrons. The Morgan fingerprint density at radius 2 is 1.16 bits per heavy atom. The summed E-state index contributed by atoms with van der Waals surface area (Å²) < 4.78 is 12.9. The number of aliphatic hydroxyl groups is 1. The number of rotatable bonds is 4. The molecule has 0 unspecified atom stereocenters. The van der Waals surface area contributed by atoms with Crippen molar-refractivity contribution in [3.05, 3.63) is 23.3 Å². The van der Waals surface area contributed by atoms with E-state index in [1.54, 1.807) is 0 Å². The second-order valence-electron chi connectivity index (χ2n) is 15.6. The molecule has 38 heavy (non-hydrogen) atoms. The van der Waals surface area contributed by atoms with Gasteiger partial charge in [0.1, 0.15) is 0 Å². The highest BCUT2D eigenvalue weighted by Crippen LogP contribution is 2.43. The van der Waals surface area contributed by atoms with Gasteiger partial charge in [0.15, 0.2) is 22.4 Å². The molecule has 0 radical (unpaired) electrons. The van der Waals surface area contributed by atoms with Crippen molar-refractivity contribution < 1.29 is 18.8 Å². The quantitative estimate of drug-likeness (QED) is 0.270. The number of aliphatic hydroxyl groups excluding tert-OH is 1. The van der Waals surface area contributed by atoms with Gasteiger partial charge in [0, 0.05) is 5.41 Å². The van der Waals surface area contributed by atoms with Crippen LogP contribution in [0, 0.1) is 10.8 Å². The third-order valence-electron chi connectivity index (χ3n) is 8.97. The van der Waals surface area contributed by atoms with E-state index in [1.807, 2.05) is 33.8 Å². The van der Waals surface area contributed by atoms with Gasteiger partial charge in [-0.05, 0) is 79.5 Å². The molecule has 3 atom stereocenters. The molecule has 2 aliphatic carbocycles. The minimum absolute atomic E-state index is 0. The average molecular weight is 571 g/mol. The second kappa shape index (κ2) is 13.0. The lowest BCUT2D eigenvalue weighted by atomic mass is 9.74. The van der Waals surface area contributed by atoms with Gasteiger partial charge in [-0.3, -0.25) is 4.79 Å². The third kappa shape index (κ3) is 9.83. The topological polar surface area (TPSA) is 55.8 Å². The van der Waals surface area contributed by atoms with Gasteiger partial charge in [-0.15, -0.1) is 0 Å². The summed E-state index contributed by atoms with van der Waals surface area (Å²) in [7, 11) is -3.49. The van der Waals surface area contributed by atoms with Gasteiger partial charge in [-0.1, -0.05) is 96.2 Å². The largest absolute Gasteiger partial charge is 0.411 e. The molecule has 0 saturated carbocycles. The summed E-state index contributed by atoms with van der Waals surface area (Å²) in [6.45, 7) is 34.8. The van der Waals surface area contributed by atoms with Crippen LogP contribution in [0.25, 0.3) is 0 Å². The van der Waals surface area contributed by atoms with E-state index in [0.717, 1.165) is 24.0 Å². The summed E-state index contributed by atoms with van der Waals surface area (Å²) >= 11 is 0. The SMILES string of the molecule is C.C.CC1=C[C@@H](O[Si](C)(C)C(C)(C)C)CC(C)(C)C1=O.CC1=C[C@@H](O[Si](C)(C)C(C)(C)C)CC(C)(C)[C@H]1O. The molecular formula is C32H66O4Si2. The van der Waals surface area contributed by atoms with Crippen LogP contribution < -0.4 is 0 Å². The normalized spacial score (nSPS) is 25.6. The van der Waals surface area contributed by atoms with Gasteiger partial charge in [-0.2, -0.15) is 0 Å². The molecule has 0 spiro atoms. The summed E-state index contributed by atoms with van der Waals surface area (Å²) in [5.41, 5.74) is 1.53. The summed E-state index contributed by atoms with van der Waals surface area (Å²) in [5, 5.41) is 10.6. The third-order valence-corrected chi connectivity index (χ3v) is 18.0. The molecule has 4 nitrogen and oxygen atoms in total. The van der Waals surface area contributed by atoms with Crippen LogP contribution in [0.1, 0.15) is 111 Å². The van der Waals surface area contributed by atoms with Crippen LogP contribution >= 0.6 is 0 Å². The van der Waals surface area contributed by atoms with Gasteiger partial charge in [0.05, 0.1) is 18.3 Å². The Kier molecular flexibility index (Phi) is 13.5. The first-order chi connectivity index (χ1) is 15.7. The Balaban J connectivity index is 0.